The molecule has 1 atom stereocenters. The Balaban J connectivity index is 1.44. The highest BCUT2D eigenvalue weighted by Gasteiger charge is 2.15. The number of aromatic nitrogens is 3. The average molecular weight is 411 g/mol. The van der Waals surface area contributed by atoms with Gasteiger partial charge in [0.15, 0.2) is 0 Å². The molecule has 1 aliphatic heterocycles. The molecular formula is C26H26N4O. The summed E-state index contributed by atoms with van der Waals surface area (Å²) in [6.45, 7) is 6.04. The third-order valence-electron chi connectivity index (χ3n) is 5.85. The summed E-state index contributed by atoms with van der Waals surface area (Å²) in [5.74, 6) is 0.900. The van der Waals surface area contributed by atoms with Gasteiger partial charge in [-0.2, -0.15) is 0 Å². The topological polar surface area (TPSA) is 62.8 Å². The smallest absolute Gasteiger partial charge is 0.141 e. The standard InChI is InChI=1S/C26H26N4O/c1-17-14-21(8-9-24(17)31-18(2)19-6-4-3-5-7-19)23-15-22-25(20-10-12-27-13-11-20)28-16-29-26(22)30-23/h3-10,14-16,18,27H,11-13H2,1-2H3,(H,28,29,30). The van der Waals surface area contributed by atoms with E-state index >= 15 is 0 Å². The van der Waals surface area contributed by atoms with Crippen LogP contribution in [0.2, 0.25) is 0 Å². The largest absolute Gasteiger partial charge is 0.486 e. The zero-order chi connectivity index (χ0) is 21.2. The molecule has 0 radical (unpaired) electrons. The molecule has 31 heavy (non-hydrogen) atoms. The molecular weight excluding hydrogens is 384 g/mol. The fraction of sp³-hybridized carbons (Fsp3) is 0.231. The molecule has 4 aromatic rings. The second-order valence-corrected chi connectivity index (χ2v) is 8.00. The van der Waals surface area contributed by atoms with Gasteiger partial charge in [-0.1, -0.05) is 36.4 Å². The van der Waals surface area contributed by atoms with E-state index < -0.39 is 0 Å². The molecule has 156 valence electrons. The van der Waals surface area contributed by atoms with Crippen LogP contribution in [0, 0.1) is 6.92 Å². The molecule has 0 aliphatic carbocycles. The minimum absolute atomic E-state index is 0.00471. The molecule has 5 nitrogen and oxygen atoms in total. The Labute approximate surface area is 182 Å². The fourth-order valence-electron chi connectivity index (χ4n) is 4.12. The Morgan fingerprint density at radius 1 is 1.03 bits per heavy atom. The Bertz CT molecular complexity index is 1240. The predicted octanol–water partition coefficient (Wildman–Crippen LogP) is 5.45. The molecule has 5 heteroatoms. The molecule has 1 unspecified atom stereocenters. The Morgan fingerprint density at radius 2 is 1.90 bits per heavy atom. The van der Waals surface area contributed by atoms with Crippen molar-refractivity contribution in [3.05, 3.63) is 83.8 Å². The molecule has 0 spiro atoms. The van der Waals surface area contributed by atoms with Gasteiger partial charge in [-0.25, -0.2) is 9.97 Å². The fourth-order valence-corrected chi connectivity index (χ4v) is 4.12. The third-order valence-corrected chi connectivity index (χ3v) is 5.85. The van der Waals surface area contributed by atoms with Gasteiger partial charge in [0.05, 0.1) is 5.69 Å². The number of aromatic amines is 1. The van der Waals surface area contributed by atoms with Crippen LogP contribution >= 0.6 is 0 Å². The van der Waals surface area contributed by atoms with E-state index in [0.29, 0.717) is 0 Å². The van der Waals surface area contributed by atoms with E-state index in [1.165, 1.54) is 11.1 Å². The van der Waals surface area contributed by atoms with Crippen molar-refractivity contribution < 1.29 is 4.74 Å². The Kier molecular flexibility index (Phi) is 5.26. The number of ether oxygens (including phenoxy) is 1. The molecule has 1 aliphatic rings. The molecule has 0 saturated heterocycles. The van der Waals surface area contributed by atoms with Crippen molar-refractivity contribution in [2.75, 3.05) is 13.1 Å². The SMILES string of the molecule is Cc1cc(-c2cc3c(C4=CCNCC4)ncnc3[nH]2)ccc1OC(C)c1ccccc1. The molecule has 0 bridgehead atoms. The number of aryl methyl sites for hydroxylation is 1. The normalized spacial score (nSPS) is 15.0. The van der Waals surface area contributed by atoms with Gasteiger partial charge in [0, 0.05) is 17.6 Å². The summed E-state index contributed by atoms with van der Waals surface area (Å²) in [6, 6.07) is 18.8. The van der Waals surface area contributed by atoms with E-state index in [1.54, 1.807) is 6.33 Å². The van der Waals surface area contributed by atoms with Crippen LogP contribution in [0.5, 0.6) is 5.75 Å². The van der Waals surface area contributed by atoms with Gasteiger partial charge in [0.2, 0.25) is 0 Å². The summed E-state index contributed by atoms with van der Waals surface area (Å²) >= 11 is 0. The van der Waals surface area contributed by atoms with Gasteiger partial charge in [0.1, 0.15) is 23.8 Å². The zero-order valence-corrected chi connectivity index (χ0v) is 17.9. The van der Waals surface area contributed by atoms with Crippen molar-refractivity contribution in [1.82, 2.24) is 20.3 Å². The van der Waals surface area contributed by atoms with Crippen LogP contribution < -0.4 is 10.1 Å². The van der Waals surface area contributed by atoms with E-state index in [4.69, 9.17) is 4.74 Å². The zero-order valence-electron chi connectivity index (χ0n) is 17.9. The van der Waals surface area contributed by atoms with Crippen LogP contribution in [0.15, 0.2) is 67.0 Å². The summed E-state index contributed by atoms with van der Waals surface area (Å²) in [6.07, 6.45) is 4.85. The quantitative estimate of drug-likeness (QED) is 0.459. The molecule has 2 aromatic heterocycles. The first-order valence-electron chi connectivity index (χ1n) is 10.8. The number of nitrogens with zero attached hydrogens (tertiary/aromatic N) is 2. The van der Waals surface area contributed by atoms with Crippen molar-refractivity contribution in [3.63, 3.8) is 0 Å². The third kappa shape index (κ3) is 3.97. The maximum atomic E-state index is 6.23. The predicted molar refractivity (Wildman–Crippen MR) is 125 cm³/mol. The van der Waals surface area contributed by atoms with Crippen molar-refractivity contribution in [3.8, 4) is 17.0 Å². The first-order chi connectivity index (χ1) is 15.2. The number of hydrogen-bond donors (Lipinski definition) is 2. The van der Waals surface area contributed by atoms with Crippen molar-refractivity contribution in [2.45, 2.75) is 26.4 Å². The molecule has 3 heterocycles. The average Bonchev–Trinajstić information content (AvgIpc) is 3.26. The number of benzene rings is 2. The van der Waals surface area contributed by atoms with E-state index in [9.17, 15) is 0 Å². The number of fused-ring (bicyclic) bond motifs is 1. The molecule has 2 N–H and O–H groups in total. The molecule has 2 aromatic carbocycles. The van der Waals surface area contributed by atoms with Crippen molar-refractivity contribution >= 4 is 16.6 Å². The summed E-state index contributed by atoms with van der Waals surface area (Å²) < 4.78 is 6.23. The van der Waals surface area contributed by atoms with Gasteiger partial charge in [-0.3, -0.25) is 0 Å². The number of rotatable bonds is 5. The first-order valence-corrected chi connectivity index (χ1v) is 10.8. The van der Waals surface area contributed by atoms with Gasteiger partial charge < -0.3 is 15.0 Å². The maximum absolute atomic E-state index is 6.23. The monoisotopic (exact) mass is 410 g/mol. The number of hydrogen-bond acceptors (Lipinski definition) is 4. The second kappa shape index (κ2) is 8.36. The van der Waals surface area contributed by atoms with E-state index in [1.807, 2.05) is 18.2 Å². The van der Waals surface area contributed by atoms with Crippen molar-refractivity contribution in [1.29, 1.82) is 0 Å². The molecule has 0 fully saturated rings. The van der Waals surface area contributed by atoms with E-state index in [2.05, 4.69) is 76.6 Å². The summed E-state index contributed by atoms with van der Waals surface area (Å²) in [4.78, 5) is 12.5. The van der Waals surface area contributed by atoms with Gasteiger partial charge in [0.25, 0.3) is 0 Å². The van der Waals surface area contributed by atoms with Crippen LogP contribution in [-0.2, 0) is 0 Å². The Hall–Kier alpha value is -3.44. The summed E-state index contributed by atoms with van der Waals surface area (Å²) in [5, 5.41) is 4.43. The van der Waals surface area contributed by atoms with E-state index in [0.717, 1.165) is 58.8 Å². The minimum atomic E-state index is -0.00471. The lowest BCUT2D eigenvalue weighted by molar-refractivity contribution is 0.225. The minimum Gasteiger partial charge on any atom is -0.486 e. The summed E-state index contributed by atoms with van der Waals surface area (Å²) in [5.41, 5.74) is 7.60. The van der Waals surface area contributed by atoms with Crippen LogP contribution in [-0.4, -0.2) is 28.0 Å². The lowest BCUT2D eigenvalue weighted by Crippen LogP contribution is -2.20. The molecule has 0 amide bonds. The van der Waals surface area contributed by atoms with Gasteiger partial charge >= 0.3 is 0 Å². The van der Waals surface area contributed by atoms with E-state index in [-0.39, 0.29) is 6.10 Å². The van der Waals surface area contributed by atoms with Crippen LogP contribution in [0.4, 0.5) is 0 Å². The Morgan fingerprint density at radius 3 is 2.68 bits per heavy atom. The number of nitrogens with one attached hydrogen (secondary N) is 2. The van der Waals surface area contributed by atoms with Crippen molar-refractivity contribution in [2.24, 2.45) is 0 Å². The van der Waals surface area contributed by atoms with Gasteiger partial charge in [-0.05, 0) is 73.3 Å². The highest BCUT2D eigenvalue weighted by atomic mass is 16.5. The lowest BCUT2D eigenvalue weighted by atomic mass is 10.0. The maximum Gasteiger partial charge on any atom is 0.141 e. The van der Waals surface area contributed by atoms with Crippen LogP contribution in [0.1, 0.15) is 36.3 Å². The lowest BCUT2D eigenvalue weighted by Gasteiger charge is -2.17. The summed E-state index contributed by atoms with van der Waals surface area (Å²) in [7, 11) is 0. The highest BCUT2D eigenvalue weighted by Crippen LogP contribution is 2.32. The van der Waals surface area contributed by atoms with Gasteiger partial charge in [-0.15, -0.1) is 0 Å². The highest BCUT2D eigenvalue weighted by molar-refractivity contribution is 5.92. The first kappa shape index (κ1) is 19.5. The molecule has 0 saturated carbocycles. The second-order valence-electron chi connectivity index (χ2n) is 8.00. The van der Waals surface area contributed by atoms with Crippen LogP contribution in [0.25, 0.3) is 27.9 Å². The molecule has 5 rings (SSSR count). The number of H-pyrrole nitrogens is 1. The van der Waals surface area contributed by atoms with Crippen LogP contribution in [0.3, 0.4) is 0 Å².